The quantitative estimate of drug-likeness (QED) is 0.850. The number of likely N-dealkylation sites (tertiary alicyclic amines) is 1. The van der Waals surface area contributed by atoms with Crippen LogP contribution in [0.1, 0.15) is 11.1 Å². The lowest BCUT2D eigenvalue weighted by atomic mass is 10.1. The molecule has 1 aliphatic rings. The van der Waals surface area contributed by atoms with E-state index in [2.05, 4.69) is 0 Å². The summed E-state index contributed by atoms with van der Waals surface area (Å²) in [5.74, 6) is -1.01. The van der Waals surface area contributed by atoms with Crippen LogP contribution < -0.4 is 0 Å². The first kappa shape index (κ1) is 17.7. The fourth-order valence-electron chi connectivity index (χ4n) is 2.92. The number of carboxylic acids is 1. The average molecular weight is 332 g/mol. The highest BCUT2D eigenvalue weighted by molar-refractivity contribution is 5.69. The molecule has 2 atom stereocenters. The first-order chi connectivity index (χ1) is 10.7. The Morgan fingerprint density at radius 2 is 2.00 bits per heavy atom. The van der Waals surface area contributed by atoms with Gasteiger partial charge in [0.1, 0.15) is 0 Å². The molecule has 0 bridgehead atoms. The van der Waals surface area contributed by atoms with Crippen LogP contribution in [-0.2, 0) is 17.5 Å². The molecule has 2 rings (SSSR count). The van der Waals surface area contributed by atoms with Crippen LogP contribution in [-0.4, -0.2) is 64.8 Å². The number of aliphatic hydroxyl groups is 1. The lowest BCUT2D eigenvalue weighted by molar-refractivity contribution is -0.139. The van der Waals surface area contributed by atoms with Gasteiger partial charge in [0, 0.05) is 25.7 Å². The van der Waals surface area contributed by atoms with Gasteiger partial charge in [0.15, 0.2) is 0 Å². The first-order valence-electron chi connectivity index (χ1n) is 7.16. The third-order valence-corrected chi connectivity index (χ3v) is 4.00. The molecule has 1 aromatic carbocycles. The number of carbonyl (C=O) groups is 1. The lowest BCUT2D eigenvalue weighted by Crippen LogP contribution is -2.43. The van der Waals surface area contributed by atoms with Gasteiger partial charge >= 0.3 is 12.1 Å². The zero-order chi connectivity index (χ0) is 17.2. The third kappa shape index (κ3) is 4.43. The maximum Gasteiger partial charge on any atom is 0.416 e. The van der Waals surface area contributed by atoms with E-state index < -0.39 is 29.9 Å². The number of likely N-dealkylation sites (N-methyl/N-ethyl adjacent to an activating group) is 1. The maximum atomic E-state index is 13.0. The number of aliphatic hydroxyl groups excluding tert-OH is 1. The monoisotopic (exact) mass is 332 g/mol. The van der Waals surface area contributed by atoms with Crippen molar-refractivity contribution in [3.63, 3.8) is 0 Å². The molecule has 0 aliphatic carbocycles. The third-order valence-electron chi connectivity index (χ3n) is 4.00. The second-order valence-electron chi connectivity index (χ2n) is 5.79. The smallest absolute Gasteiger partial charge is 0.416 e. The largest absolute Gasteiger partial charge is 0.480 e. The molecule has 1 heterocycles. The Morgan fingerprint density at radius 3 is 2.61 bits per heavy atom. The van der Waals surface area contributed by atoms with Crippen LogP contribution in [0.4, 0.5) is 13.2 Å². The Balaban J connectivity index is 2.07. The molecule has 1 fully saturated rings. The minimum absolute atomic E-state index is 0.0597. The second-order valence-corrected chi connectivity index (χ2v) is 5.79. The van der Waals surface area contributed by atoms with E-state index in [1.165, 1.54) is 17.0 Å². The summed E-state index contributed by atoms with van der Waals surface area (Å²) < 4.78 is 39.0. The molecule has 5 nitrogen and oxygen atoms in total. The van der Waals surface area contributed by atoms with Gasteiger partial charge in [0.25, 0.3) is 0 Å². The number of β-amino-alcohol motifs (C(OH)–C–C–N with tert-alkyl or cyclic N) is 1. The number of rotatable bonds is 5. The molecule has 0 spiro atoms. The van der Waals surface area contributed by atoms with Gasteiger partial charge in [0.05, 0.1) is 18.2 Å². The van der Waals surface area contributed by atoms with Crippen molar-refractivity contribution in [3.05, 3.63) is 35.4 Å². The van der Waals surface area contributed by atoms with Crippen LogP contribution >= 0.6 is 0 Å². The van der Waals surface area contributed by atoms with E-state index in [4.69, 9.17) is 5.11 Å². The minimum atomic E-state index is -4.42. The van der Waals surface area contributed by atoms with Crippen molar-refractivity contribution in [1.29, 1.82) is 0 Å². The number of halogens is 3. The van der Waals surface area contributed by atoms with Gasteiger partial charge in [-0.05, 0) is 18.7 Å². The Bertz CT molecular complexity index is 565. The van der Waals surface area contributed by atoms with E-state index in [1.54, 1.807) is 18.0 Å². The minimum Gasteiger partial charge on any atom is -0.480 e. The molecule has 0 aromatic heterocycles. The van der Waals surface area contributed by atoms with E-state index in [1.807, 2.05) is 0 Å². The summed E-state index contributed by atoms with van der Waals surface area (Å²) in [6, 6.07) is 4.93. The fourth-order valence-corrected chi connectivity index (χ4v) is 2.92. The lowest BCUT2D eigenvalue weighted by Gasteiger charge is -2.25. The van der Waals surface area contributed by atoms with E-state index >= 15 is 0 Å². The number of benzene rings is 1. The Labute approximate surface area is 131 Å². The van der Waals surface area contributed by atoms with Gasteiger partial charge in [0.2, 0.25) is 0 Å². The first-order valence-corrected chi connectivity index (χ1v) is 7.16. The van der Waals surface area contributed by atoms with Crippen molar-refractivity contribution in [3.8, 4) is 0 Å². The zero-order valence-electron chi connectivity index (χ0n) is 12.6. The molecule has 1 unspecified atom stereocenters. The van der Waals surface area contributed by atoms with Crippen LogP contribution in [0, 0.1) is 0 Å². The van der Waals surface area contributed by atoms with Crippen LogP contribution in [0.3, 0.4) is 0 Å². The molecular weight excluding hydrogens is 313 g/mol. The molecule has 1 aromatic rings. The normalized spacial score (nSPS) is 22.7. The van der Waals surface area contributed by atoms with Crippen molar-refractivity contribution in [2.75, 3.05) is 26.7 Å². The van der Waals surface area contributed by atoms with Crippen LogP contribution in [0.2, 0.25) is 0 Å². The number of nitrogens with zero attached hydrogens (tertiary/aromatic N) is 2. The molecule has 0 amide bonds. The second kappa shape index (κ2) is 6.86. The molecule has 8 heteroatoms. The average Bonchev–Trinajstić information content (AvgIpc) is 2.78. The Kier molecular flexibility index (Phi) is 5.28. The van der Waals surface area contributed by atoms with Crippen molar-refractivity contribution < 1.29 is 28.2 Å². The standard InChI is InChI=1S/C15H19F3N2O3/c1-19(9-14(22)23)12-7-20(8-13(12)21)6-10-4-2-3-5-11(10)15(16,17)18/h2-5,12-13,21H,6-9H2,1H3,(H,22,23)/t12?,13-/m1/s1. The number of alkyl halides is 3. The molecule has 1 saturated heterocycles. The van der Waals surface area contributed by atoms with Gasteiger partial charge in [-0.2, -0.15) is 13.2 Å². The highest BCUT2D eigenvalue weighted by Gasteiger charge is 2.37. The van der Waals surface area contributed by atoms with Crippen LogP contribution in [0.5, 0.6) is 0 Å². The summed E-state index contributed by atoms with van der Waals surface area (Å²) in [7, 11) is 1.58. The predicted molar refractivity (Wildman–Crippen MR) is 76.8 cm³/mol. The van der Waals surface area contributed by atoms with Crippen LogP contribution in [0.15, 0.2) is 24.3 Å². The van der Waals surface area contributed by atoms with E-state index in [-0.39, 0.29) is 25.2 Å². The summed E-state index contributed by atoms with van der Waals surface area (Å²) in [6.45, 7) is 0.358. The van der Waals surface area contributed by atoms with Gasteiger partial charge < -0.3 is 10.2 Å². The predicted octanol–water partition coefficient (Wildman–Crippen LogP) is 1.27. The molecular formula is C15H19F3N2O3. The van der Waals surface area contributed by atoms with Crippen molar-refractivity contribution in [1.82, 2.24) is 9.80 Å². The summed E-state index contributed by atoms with van der Waals surface area (Å²) >= 11 is 0. The van der Waals surface area contributed by atoms with E-state index in [0.29, 0.717) is 6.54 Å². The number of hydrogen-bond donors (Lipinski definition) is 2. The summed E-state index contributed by atoms with van der Waals surface area (Å²) in [6.07, 6.45) is -5.22. The summed E-state index contributed by atoms with van der Waals surface area (Å²) in [5, 5.41) is 18.8. The number of carboxylic acid groups (broad SMARTS) is 1. The molecule has 128 valence electrons. The van der Waals surface area contributed by atoms with Crippen molar-refractivity contribution in [2.45, 2.75) is 24.9 Å². The molecule has 1 aliphatic heterocycles. The number of hydrogen-bond acceptors (Lipinski definition) is 4. The van der Waals surface area contributed by atoms with E-state index in [9.17, 15) is 23.1 Å². The van der Waals surface area contributed by atoms with Crippen LogP contribution in [0.25, 0.3) is 0 Å². The molecule has 23 heavy (non-hydrogen) atoms. The topological polar surface area (TPSA) is 64.0 Å². The molecule has 2 N–H and O–H groups in total. The molecule has 0 saturated carbocycles. The van der Waals surface area contributed by atoms with Gasteiger partial charge in [-0.25, -0.2) is 0 Å². The Morgan fingerprint density at radius 1 is 1.35 bits per heavy atom. The summed E-state index contributed by atoms with van der Waals surface area (Å²) in [5.41, 5.74) is -0.537. The molecule has 0 radical (unpaired) electrons. The van der Waals surface area contributed by atoms with Crippen molar-refractivity contribution >= 4 is 5.97 Å². The van der Waals surface area contributed by atoms with Gasteiger partial charge in [-0.15, -0.1) is 0 Å². The fraction of sp³-hybridized carbons (Fsp3) is 0.533. The highest BCUT2D eigenvalue weighted by Crippen LogP contribution is 2.33. The number of aliphatic carboxylic acids is 1. The van der Waals surface area contributed by atoms with Gasteiger partial charge in [-0.3, -0.25) is 14.6 Å². The summed E-state index contributed by atoms with van der Waals surface area (Å²) in [4.78, 5) is 13.9. The zero-order valence-corrected chi connectivity index (χ0v) is 12.6. The highest BCUT2D eigenvalue weighted by atomic mass is 19.4. The van der Waals surface area contributed by atoms with Gasteiger partial charge in [-0.1, -0.05) is 18.2 Å². The maximum absolute atomic E-state index is 13.0. The van der Waals surface area contributed by atoms with E-state index in [0.717, 1.165) is 6.07 Å². The SMILES string of the molecule is CN(CC(=O)O)C1CN(Cc2ccccc2C(F)(F)F)C[C@H]1O. The van der Waals surface area contributed by atoms with Crippen molar-refractivity contribution in [2.24, 2.45) is 0 Å². The Hall–Kier alpha value is -1.64.